The predicted octanol–water partition coefficient (Wildman–Crippen LogP) is 9.74. The standard InChI is InChI=1S/C29H39N3O2.C24H31N3O2.H2/c1-30(2)29(25-10-5-4-6-11-25)18-16-28(17-19-29)22-31(20-24-12-14-26(34-3)15-13-24)27(33)32(28)21-23-8-7-9-23;1-26(2)24(20-7-5-4-6-8-20)15-13-23(14-16-24)18-27(22(28)25-23)17-19-9-11-21(29-3)12-10-19;/h4-6,10-15,23H,7-9,16-22H2,1-3H3;4-12H,13-18H2,1-3H3,(H,25,28);1H. The Kier molecular flexibility index (Phi) is 13.1. The second kappa shape index (κ2) is 18.6. The third-order valence-corrected chi connectivity index (χ3v) is 15.8. The molecule has 2 aliphatic heterocycles. The molecule has 0 atom stereocenters. The van der Waals surface area contributed by atoms with Gasteiger partial charge < -0.3 is 29.5 Å². The van der Waals surface area contributed by atoms with Crippen LogP contribution in [0.25, 0.3) is 0 Å². The number of methoxy groups -OCH3 is 2. The fraction of sp³-hybridized carbons (Fsp3) is 0.509. The van der Waals surface area contributed by atoms with Crippen molar-refractivity contribution in [3.63, 3.8) is 0 Å². The van der Waals surface area contributed by atoms with Gasteiger partial charge in [-0.15, -0.1) is 0 Å². The van der Waals surface area contributed by atoms with E-state index < -0.39 is 0 Å². The highest BCUT2D eigenvalue weighted by atomic mass is 16.5. The predicted molar refractivity (Wildman–Crippen MR) is 253 cm³/mol. The Morgan fingerprint density at radius 2 is 1.06 bits per heavy atom. The molecular weight excluding hydrogens is 785 g/mol. The van der Waals surface area contributed by atoms with Crippen LogP contribution in [-0.4, -0.2) is 110 Å². The van der Waals surface area contributed by atoms with Gasteiger partial charge in [0, 0.05) is 45.2 Å². The minimum Gasteiger partial charge on any atom is -0.497 e. The zero-order valence-corrected chi connectivity index (χ0v) is 38.7. The average Bonchev–Trinajstić information content (AvgIpc) is 3.73. The Labute approximate surface area is 378 Å². The lowest BCUT2D eigenvalue weighted by atomic mass is 9.68. The van der Waals surface area contributed by atoms with E-state index in [1.165, 1.54) is 30.4 Å². The first-order valence-corrected chi connectivity index (χ1v) is 23.3. The summed E-state index contributed by atoms with van der Waals surface area (Å²) in [5.74, 6) is 2.37. The summed E-state index contributed by atoms with van der Waals surface area (Å²) < 4.78 is 10.5. The van der Waals surface area contributed by atoms with Crippen LogP contribution in [0, 0.1) is 5.92 Å². The normalized spacial score (nSPS) is 27.1. The van der Waals surface area contributed by atoms with Crippen LogP contribution in [0.15, 0.2) is 109 Å². The number of carbonyl (C=O) groups excluding carboxylic acids is 2. The van der Waals surface area contributed by atoms with Crippen LogP contribution in [0.4, 0.5) is 9.59 Å². The molecule has 3 aliphatic carbocycles. The molecule has 0 unspecified atom stereocenters. The van der Waals surface area contributed by atoms with E-state index in [1.807, 2.05) is 41.3 Å². The third-order valence-electron chi connectivity index (χ3n) is 15.8. The summed E-state index contributed by atoms with van der Waals surface area (Å²) in [7, 11) is 12.1. The molecule has 3 saturated carbocycles. The number of carbonyl (C=O) groups is 2. The van der Waals surface area contributed by atoms with Crippen LogP contribution in [0.3, 0.4) is 0 Å². The summed E-state index contributed by atoms with van der Waals surface area (Å²) in [6.07, 6.45) is 12.2. The monoisotopic (exact) mass is 857 g/mol. The molecule has 4 aromatic carbocycles. The minimum atomic E-state index is -0.113. The van der Waals surface area contributed by atoms with Gasteiger partial charge in [0.2, 0.25) is 0 Å². The van der Waals surface area contributed by atoms with Crippen LogP contribution in [0.1, 0.15) is 94.3 Å². The molecule has 338 valence electrons. The van der Waals surface area contributed by atoms with Crippen LogP contribution < -0.4 is 14.8 Å². The second-order valence-corrected chi connectivity index (χ2v) is 19.6. The van der Waals surface area contributed by atoms with E-state index in [1.54, 1.807) is 14.2 Å². The molecule has 10 nitrogen and oxygen atoms in total. The van der Waals surface area contributed by atoms with Crippen molar-refractivity contribution in [1.29, 1.82) is 0 Å². The zero-order valence-electron chi connectivity index (χ0n) is 38.7. The number of nitrogens with zero attached hydrogens (tertiary/aromatic N) is 5. The van der Waals surface area contributed by atoms with Crippen molar-refractivity contribution in [3.8, 4) is 11.5 Å². The highest BCUT2D eigenvalue weighted by molar-refractivity contribution is 5.79. The van der Waals surface area contributed by atoms with Gasteiger partial charge in [0.25, 0.3) is 0 Å². The smallest absolute Gasteiger partial charge is 0.320 e. The van der Waals surface area contributed by atoms with Crippen molar-refractivity contribution in [2.75, 3.05) is 62.0 Å². The Bertz CT molecular complexity index is 2130. The van der Waals surface area contributed by atoms with Crippen molar-refractivity contribution in [2.24, 2.45) is 5.92 Å². The molecule has 0 aromatic heterocycles. The van der Waals surface area contributed by atoms with Gasteiger partial charge in [-0.25, -0.2) is 9.59 Å². The van der Waals surface area contributed by atoms with Crippen molar-refractivity contribution in [1.82, 2.24) is 29.8 Å². The average molecular weight is 857 g/mol. The second-order valence-electron chi connectivity index (χ2n) is 19.6. The minimum absolute atomic E-state index is 0. The quantitative estimate of drug-likeness (QED) is 0.153. The molecule has 4 amide bonds. The number of rotatable bonds is 12. The SMILES string of the molecule is COc1ccc(CN2CC3(CCC(c4ccccc4)(N(C)C)CC3)N(CC3CCC3)C2=O)cc1.COc1ccc(CN2CC3(CCC(c4ccccc4)(N(C)C)CC3)NC2=O)cc1.[HH]. The molecule has 2 saturated heterocycles. The van der Waals surface area contributed by atoms with E-state index in [9.17, 15) is 9.59 Å². The first kappa shape index (κ1) is 44.5. The summed E-state index contributed by atoms with van der Waals surface area (Å²) in [5, 5.41) is 3.33. The molecule has 5 aliphatic rings. The largest absolute Gasteiger partial charge is 0.497 e. The molecular formula is C53H72N6O4. The van der Waals surface area contributed by atoms with E-state index >= 15 is 0 Å². The van der Waals surface area contributed by atoms with E-state index in [0.717, 1.165) is 93.6 Å². The maximum absolute atomic E-state index is 13.8. The highest BCUT2D eigenvalue weighted by Gasteiger charge is 2.55. The molecule has 0 radical (unpaired) electrons. The van der Waals surface area contributed by atoms with Crippen LogP contribution in [0.2, 0.25) is 0 Å². The molecule has 63 heavy (non-hydrogen) atoms. The Balaban J connectivity index is 0.000000191. The molecule has 1 N–H and O–H groups in total. The van der Waals surface area contributed by atoms with Gasteiger partial charge in [-0.05, 0) is 145 Å². The van der Waals surface area contributed by atoms with Crippen LogP contribution >= 0.6 is 0 Å². The Hall–Kier alpha value is -5.06. The molecule has 0 bridgehead atoms. The van der Waals surface area contributed by atoms with Gasteiger partial charge in [0.05, 0.1) is 25.3 Å². The Morgan fingerprint density at radius 3 is 1.49 bits per heavy atom. The van der Waals surface area contributed by atoms with Crippen molar-refractivity contribution in [3.05, 3.63) is 131 Å². The summed E-state index contributed by atoms with van der Waals surface area (Å²) in [5.41, 5.74) is 4.99. The van der Waals surface area contributed by atoms with Gasteiger partial charge in [-0.2, -0.15) is 0 Å². The maximum atomic E-state index is 13.8. The van der Waals surface area contributed by atoms with Gasteiger partial charge in [-0.3, -0.25) is 9.80 Å². The lowest BCUT2D eigenvalue weighted by Crippen LogP contribution is -2.56. The number of nitrogens with one attached hydrogen (secondary N) is 1. The lowest BCUT2D eigenvalue weighted by molar-refractivity contribution is 0.0159. The van der Waals surface area contributed by atoms with E-state index in [0.29, 0.717) is 19.0 Å². The molecule has 2 heterocycles. The van der Waals surface area contributed by atoms with Crippen LogP contribution in [-0.2, 0) is 24.2 Å². The number of hydrogen-bond acceptors (Lipinski definition) is 6. The summed E-state index contributed by atoms with van der Waals surface area (Å²) in [6, 6.07) is 38.2. The van der Waals surface area contributed by atoms with E-state index in [4.69, 9.17) is 9.47 Å². The fourth-order valence-electron chi connectivity index (χ4n) is 11.5. The summed E-state index contributed by atoms with van der Waals surface area (Å²) in [6.45, 7) is 3.84. The summed E-state index contributed by atoms with van der Waals surface area (Å²) >= 11 is 0. The Morgan fingerprint density at radius 1 is 0.603 bits per heavy atom. The first-order chi connectivity index (χ1) is 30.4. The van der Waals surface area contributed by atoms with Crippen molar-refractivity contribution >= 4 is 12.1 Å². The molecule has 4 aromatic rings. The van der Waals surface area contributed by atoms with E-state index in [2.05, 4.69) is 126 Å². The number of benzene rings is 4. The van der Waals surface area contributed by atoms with Gasteiger partial charge in [-0.1, -0.05) is 91.3 Å². The molecule has 10 heteroatoms. The number of hydrogen-bond donors (Lipinski definition) is 1. The zero-order chi connectivity index (χ0) is 44.2. The van der Waals surface area contributed by atoms with Crippen molar-refractivity contribution in [2.45, 2.75) is 106 Å². The van der Waals surface area contributed by atoms with Crippen LogP contribution in [0.5, 0.6) is 11.5 Å². The molecule has 9 rings (SSSR count). The van der Waals surface area contributed by atoms with E-state index in [-0.39, 0.29) is 35.6 Å². The molecule has 2 spiro atoms. The third kappa shape index (κ3) is 9.03. The van der Waals surface area contributed by atoms with Gasteiger partial charge >= 0.3 is 12.1 Å². The molecule has 5 fully saturated rings. The fourth-order valence-corrected chi connectivity index (χ4v) is 11.5. The van der Waals surface area contributed by atoms with Gasteiger partial charge in [0.1, 0.15) is 11.5 Å². The lowest BCUT2D eigenvalue weighted by Gasteiger charge is -2.51. The topological polar surface area (TPSA) is 80.8 Å². The first-order valence-electron chi connectivity index (χ1n) is 23.3. The maximum Gasteiger partial charge on any atom is 0.320 e. The number of amides is 4. The number of urea groups is 2. The van der Waals surface area contributed by atoms with Crippen molar-refractivity contribution < 1.29 is 20.5 Å². The number of ether oxygens (including phenoxy) is 2. The van der Waals surface area contributed by atoms with Gasteiger partial charge in [0.15, 0.2) is 0 Å². The summed E-state index contributed by atoms with van der Waals surface area (Å²) in [4.78, 5) is 37.6. The highest BCUT2D eigenvalue weighted by Crippen LogP contribution is 2.50.